The Labute approximate surface area is 110 Å². The van der Waals surface area contributed by atoms with Gasteiger partial charge >= 0.3 is 0 Å². The molecule has 3 N–H and O–H groups in total. The van der Waals surface area contributed by atoms with Gasteiger partial charge in [0, 0.05) is 17.1 Å². The number of aliphatic hydroxyl groups excluding tert-OH is 1. The fourth-order valence-electron chi connectivity index (χ4n) is 2.30. The molecular weight excluding hydrogens is 282 g/mol. The average Bonchev–Trinajstić information content (AvgIpc) is 2.30. The Kier molecular flexibility index (Phi) is 4.42. The van der Waals surface area contributed by atoms with Gasteiger partial charge in [-0.25, -0.2) is 0 Å². The third kappa shape index (κ3) is 3.69. The summed E-state index contributed by atoms with van der Waals surface area (Å²) in [5, 5.41) is 22.4. The van der Waals surface area contributed by atoms with E-state index in [2.05, 4.69) is 21.2 Å². The van der Waals surface area contributed by atoms with Crippen LogP contribution in [-0.2, 0) is 6.54 Å². The van der Waals surface area contributed by atoms with Gasteiger partial charge in [-0.15, -0.1) is 0 Å². The lowest BCUT2D eigenvalue weighted by molar-refractivity contribution is 0.111. The minimum absolute atomic E-state index is 0.158. The highest BCUT2D eigenvalue weighted by Gasteiger charge is 2.19. The monoisotopic (exact) mass is 299 g/mol. The summed E-state index contributed by atoms with van der Waals surface area (Å²) in [6.07, 6.45) is 3.80. The van der Waals surface area contributed by atoms with Crippen molar-refractivity contribution in [3.63, 3.8) is 0 Å². The molecule has 0 aliphatic heterocycles. The Hall–Kier alpha value is -0.580. The molecule has 3 nitrogen and oxygen atoms in total. The Bertz CT molecular complexity index is 384. The highest BCUT2D eigenvalue weighted by molar-refractivity contribution is 9.10. The lowest BCUT2D eigenvalue weighted by Gasteiger charge is -2.27. The fraction of sp³-hybridized carbons (Fsp3) is 0.538. The SMILES string of the molecule is Oc1ccc(Br)c(CNC2CCCC(O)C2)c1. The van der Waals surface area contributed by atoms with Crippen LogP contribution in [0.3, 0.4) is 0 Å². The summed E-state index contributed by atoms with van der Waals surface area (Å²) in [5.41, 5.74) is 1.05. The van der Waals surface area contributed by atoms with E-state index in [1.165, 1.54) is 0 Å². The standard InChI is InChI=1S/C13H18BrNO2/c14-13-5-4-12(17)6-9(13)8-15-10-2-1-3-11(16)7-10/h4-6,10-11,15-17H,1-3,7-8H2. The van der Waals surface area contributed by atoms with Gasteiger partial charge in [0.15, 0.2) is 0 Å². The predicted octanol–water partition coefficient (Wildman–Crippen LogP) is 2.55. The minimum atomic E-state index is -0.158. The zero-order valence-electron chi connectivity index (χ0n) is 9.69. The molecule has 2 unspecified atom stereocenters. The summed E-state index contributed by atoms with van der Waals surface area (Å²) in [5.74, 6) is 0.286. The second-order valence-corrected chi connectivity index (χ2v) is 5.53. The van der Waals surface area contributed by atoms with Crippen LogP contribution in [0.15, 0.2) is 22.7 Å². The van der Waals surface area contributed by atoms with Crippen LogP contribution < -0.4 is 5.32 Å². The number of phenolic OH excluding ortho intramolecular Hbond substituents is 1. The van der Waals surface area contributed by atoms with Gasteiger partial charge in [-0.05, 0) is 49.4 Å². The number of benzene rings is 1. The highest BCUT2D eigenvalue weighted by atomic mass is 79.9. The van der Waals surface area contributed by atoms with Crippen molar-refractivity contribution in [3.05, 3.63) is 28.2 Å². The van der Waals surface area contributed by atoms with E-state index in [9.17, 15) is 10.2 Å². The number of phenols is 1. The lowest BCUT2D eigenvalue weighted by atomic mass is 9.93. The second kappa shape index (κ2) is 5.85. The highest BCUT2D eigenvalue weighted by Crippen LogP contribution is 2.23. The van der Waals surface area contributed by atoms with Crippen LogP contribution in [0.25, 0.3) is 0 Å². The maximum absolute atomic E-state index is 9.59. The number of hydrogen-bond donors (Lipinski definition) is 3. The lowest BCUT2D eigenvalue weighted by Crippen LogP contribution is -2.35. The molecule has 4 heteroatoms. The van der Waals surface area contributed by atoms with E-state index in [4.69, 9.17) is 0 Å². The van der Waals surface area contributed by atoms with Gasteiger partial charge in [-0.3, -0.25) is 0 Å². The Morgan fingerprint density at radius 2 is 2.18 bits per heavy atom. The van der Waals surface area contributed by atoms with Crippen molar-refractivity contribution in [1.82, 2.24) is 5.32 Å². The fourth-order valence-corrected chi connectivity index (χ4v) is 2.69. The van der Waals surface area contributed by atoms with Gasteiger partial charge < -0.3 is 15.5 Å². The molecule has 1 aliphatic carbocycles. The molecule has 0 saturated heterocycles. The largest absolute Gasteiger partial charge is 0.508 e. The molecule has 17 heavy (non-hydrogen) atoms. The van der Waals surface area contributed by atoms with Crippen LogP contribution in [0, 0.1) is 0 Å². The van der Waals surface area contributed by atoms with Gasteiger partial charge in [0.2, 0.25) is 0 Å². The van der Waals surface area contributed by atoms with Gasteiger partial charge in [0.1, 0.15) is 5.75 Å². The molecule has 1 fully saturated rings. The molecule has 0 radical (unpaired) electrons. The first-order valence-electron chi connectivity index (χ1n) is 6.04. The molecule has 1 aromatic carbocycles. The first-order valence-corrected chi connectivity index (χ1v) is 6.83. The molecular formula is C13H18BrNO2. The van der Waals surface area contributed by atoms with Crippen LogP contribution >= 0.6 is 15.9 Å². The third-order valence-corrected chi connectivity index (χ3v) is 4.03. The Morgan fingerprint density at radius 3 is 2.94 bits per heavy atom. The quantitative estimate of drug-likeness (QED) is 0.804. The number of nitrogens with one attached hydrogen (secondary N) is 1. The molecule has 0 bridgehead atoms. The van der Waals surface area contributed by atoms with Crippen molar-refractivity contribution in [2.24, 2.45) is 0 Å². The summed E-state index contributed by atoms with van der Waals surface area (Å²) in [7, 11) is 0. The molecule has 2 rings (SSSR count). The van der Waals surface area contributed by atoms with Crippen molar-refractivity contribution in [2.45, 2.75) is 44.4 Å². The van der Waals surface area contributed by atoms with Gasteiger partial charge in [-0.2, -0.15) is 0 Å². The summed E-state index contributed by atoms with van der Waals surface area (Å²) in [6.45, 7) is 0.715. The Balaban J connectivity index is 1.90. The van der Waals surface area contributed by atoms with E-state index in [1.807, 2.05) is 6.07 Å². The average molecular weight is 300 g/mol. The molecule has 0 heterocycles. The molecule has 0 amide bonds. The van der Waals surface area contributed by atoms with Crippen LogP contribution in [0.2, 0.25) is 0 Å². The number of rotatable bonds is 3. The Morgan fingerprint density at radius 1 is 1.35 bits per heavy atom. The molecule has 0 spiro atoms. The second-order valence-electron chi connectivity index (χ2n) is 4.67. The molecule has 94 valence electrons. The number of aromatic hydroxyl groups is 1. The van der Waals surface area contributed by atoms with Crippen molar-refractivity contribution >= 4 is 15.9 Å². The van der Waals surface area contributed by atoms with Crippen LogP contribution in [-0.4, -0.2) is 22.4 Å². The molecule has 1 saturated carbocycles. The normalized spacial score (nSPS) is 24.8. The number of halogens is 1. The van der Waals surface area contributed by atoms with Crippen LogP contribution in [0.5, 0.6) is 5.75 Å². The number of aliphatic hydroxyl groups is 1. The zero-order chi connectivity index (χ0) is 12.3. The zero-order valence-corrected chi connectivity index (χ0v) is 11.3. The maximum atomic E-state index is 9.59. The van der Waals surface area contributed by atoms with E-state index in [1.54, 1.807) is 12.1 Å². The molecule has 1 aliphatic rings. The van der Waals surface area contributed by atoms with E-state index in [0.717, 1.165) is 35.7 Å². The van der Waals surface area contributed by atoms with Gasteiger partial charge in [0.05, 0.1) is 6.10 Å². The third-order valence-electron chi connectivity index (χ3n) is 3.26. The van der Waals surface area contributed by atoms with E-state index in [0.29, 0.717) is 12.6 Å². The molecule has 1 aromatic rings. The van der Waals surface area contributed by atoms with E-state index < -0.39 is 0 Å². The topological polar surface area (TPSA) is 52.5 Å². The predicted molar refractivity (Wildman–Crippen MR) is 70.9 cm³/mol. The van der Waals surface area contributed by atoms with E-state index >= 15 is 0 Å². The summed E-state index contributed by atoms with van der Waals surface area (Å²) < 4.78 is 0.999. The smallest absolute Gasteiger partial charge is 0.115 e. The van der Waals surface area contributed by atoms with Crippen molar-refractivity contribution in [1.29, 1.82) is 0 Å². The van der Waals surface area contributed by atoms with Crippen molar-refractivity contribution in [3.8, 4) is 5.75 Å². The maximum Gasteiger partial charge on any atom is 0.115 e. The van der Waals surface area contributed by atoms with Crippen molar-refractivity contribution in [2.75, 3.05) is 0 Å². The van der Waals surface area contributed by atoms with Gasteiger partial charge in [0.25, 0.3) is 0 Å². The summed E-state index contributed by atoms with van der Waals surface area (Å²) in [4.78, 5) is 0. The summed E-state index contributed by atoms with van der Waals surface area (Å²) >= 11 is 3.47. The molecule has 0 aromatic heterocycles. The minimum Gasteiger partial charge on any atom is -0.508 e. The van der Waals surface area contributed by atoms with Gasteiger partial charge in [-0.1, -0.05) is 15.9 Å². The van der Waals surface area contributed by atoms with E-state index in [-0.39, 0.29) is 11.9 Å². The van der Waals surface area contributed by atoms with Crippen LogP contribution in [0.4, 0.5) is 0 Å². The first kappa shape index (κ1) is 12.9. The molecule has 2 atom stereocenters. The van der Waals surface area contributed by atoms with Crippen molar-refractivity contribution < 1.29 is 10.2 Å². The first-order chi connectivity index (χ1) is 8.15. The van der Waals surface area contributed by atoms with Crippen LogP contribution in [0.1, 0.15) is 31.2 Å². The number of hydrogen-bond acceptors (Lipinski definition) is 3. The summed E-state index contributed by atoms with van der Waals surface area (Å²) in [6, 6.07) is 5.66.